The van der Waals surface area contributed by atoms with E-state index in [9.17, 15) is 0 Å². The van der Waals surface area contributed by atoms with Gasteiger partial charge in [-0.2, -0.15) is 5.26 Å². The maximum atomic E-state index is 8.79. The minimum Gasteiger partial charge on any atom is -0.480 e. The van der Waals surface area contributed by atoms with Crippen molar-refractivity contribution < 1.29 is 4.74 Å². The van der Waals surface area contributed by atoms with E-state index < -0.39 is 0 Å². The third-order valence-corrected chi connectivity index (χ3v) is 1.98. The van der Waals surface area contributed by atoms with Crippen LogP contribution in [0.25, 0.3) is 0 Å². The minimum absolute atomic E-state index is 0. The van der Waals surface area contributed by atoms with Gasteiger partial charge in [-0.15, -0.1) is 0 Å². The van der Waals surface area contributed by atoms with Crippen LogP contribution in [0.4, 0.5) is 0 Å². The Kier molecular flexibility index (Phi) is 5.78. The zero-order chi connectivity index (χ0) is 9.84. The molecule has 0 fully saturated rings. The van der Waals surface area contributed by atoms with Crippen molar-refractivity contribution in [2.75, 3.05) is 7.11 Å². The van der Waals surface area contributed by atoms with Crippen LogP contribution in [0.5, 0.6) is 5.88 Å². The molecule has 1 aromatic heterocycles. The van der Waals surface area contributed by atoms with Gasteiger partial charge in [0.1, 0.15) is 11.6 Å². The van der Waals surface area contributed by atoms with Crippen LogP contribution in [-0.2, 0) is 6.42 Å². The Labute approximate surface area is 106 Å². The van der Waals surface area contributed by atoms with Crippen LogP contribution in [0.3, 0.4) is 0 Å². The molecule has 14 heavy (non-hydrogen) atoms. The fraction of sp³-hybridized carbons (Fsp3) is 0.400. The number of hydrogen-bond donors (Lipinski definition) is 0. The molecule has 1 radical (unpaired) electrons. The monoisotopic (exact) mass is 199 g/mol. The average molecular weight is 199 g/mol. The molecule has 69 valence electrons. The number of hydrogen-bond acceptors (Lipinski definition) is 3. The van der Waals surface area contributed by atoms with Crippen molar-refractivity contribution in [2.24, 2.45) is 0 Å². The molecule has 0 spiro atoms. The molecule has 0 bridgehead atoms. The number of aromatic nitrogens is 1. The quantitative estimate of drug-likeness (QED) is 0.677. The number of nitriles is 1. The van der Waals surface area contributed by atoms with Crippen LogP contribution in [0.2, 0.25) is 0 Å². The van der Waals surface area contributed by atoms with Crippen LogP contribution >= 0.6 is 0 Å². The number of nitrogens with zero attached hydrogens (tertiary/aromatic N) is 2. The summed E-state index contributed by atoms with van der Waals surface area (Å²) in [6, 6.07) is 3.90. The largest absolute Gasteiger partial charge is 0.480 e. The van der Waals surface area contributed by atoms with Gasteiger partial charge in [0.05, 0.1) is 7.11 Å². The van der Waals surface area contributed by atoms with E-state index in [1.807, 2.05) is 19.9 Å². The molecule has 0 saturated heterocycles. The molecule has 0 amide bonds. The number of rotatable bonds is 2. The van der Waals surface area contributed by atoms with E-state index in [-0.39, 0.29) is 29.6 Å². The van der Waals surface area contributed by atoms with E-state index in [0.717, 1.165) is 17.7 Å². The zero-order valence-electron chi connectivity index (χ0n) is 9.09. The van der Waals surface area contributed by atoms with Crippen molar-refractivity contribution >= 4 is 29.6 Å². The topological polar surface area (TPSA) is 45.9 Å². The summed E-state index contributed by atoms with van der Waals surface area (Å²) in [6.07, 6.45) is 0.886. The molecular formula is C10H12N2NaO. The summed E-state index contributed by atoms with van der Waals surface area (Å²) in [5.41, 5.74) is 2.53. The van der Waals surface area contributed by atoms with Gasteiger partial charge in [-0.05, 0) is 25.0 Å². The van der Waals surface area contributed by atoms with Crippen LogP contribution in [-0.4, -0.2) is 41.7 Å². The molecule has 4 heteroatoms. The first-order valence-corrected chi connectivity index (χ1v) is 4.17. The van der Waals surface area contributed by atoms with Crippen LogP contribution < -0.4 is 4.74 Å². The second-order valence-electron chi connectivity index (χ2n) is 2.76. The van der Waals surface area contributed by atoms with E-state index in [0.29, 0.717) is 11.4 Å². The van der Waals surface area contributed by atoms with Gasteiger partial charge in [0, 0.05) is 35.3 Å². The van der Waals surface area contributed by atoms with Crippen molar-refractivity contribution in [3.05, 3.63) is 22.9 Å². The third-order valence-electron chi connectivity index (χ3n) is 1.98. The molecule has 0 aliphatic rings. The average Bonchev–Trinajstić information content (AvgIpc) is 2.17. The van der Waals surface area contributed by atoms with Gasteiger partial charge in [-0.25, -0.2) is 4.98 Å². The van der Waals surface area contributed by atoms with Crippen LogP contribution in [0, 0.1) is 18.3 Å². The summed E-state index contributed by atoms with van der Waals surface area (Å²) in [6.45, 7) is 3.96. The maximum Gasteiger partial charge on any atom is 0.231 e. The second kappa shape index (κ2) is 6.02. The van der Waals surface area contributed by atoms with Crippen molar-refractivity contribution in [3.8, 4) is 11.9 Å². The van der Waals surface area contributed by atoms with E-state index >= 15 is 0 Å². The van der Waals surface area contributed by atoms with Crippen molar-refractivity contribution in [2.45, 2.75) is 20.3 Å². The second-order valence-corrected chi connectivity index (χ2v) is 2.76. The molecule has 3 nitrogen and oxygen atoms in total. The molecule has 0 atom stereocenters. The van der Waals surface area contributed by atoms with E-state index in [1.165, 1.54) is 7.11 Å². The standard InChI is InChI=1S/C10H12N2O.Na/c1-4-8-5-9(6-11)10(13-3)12-7(8)2;/h5H,4H2,1-3H3;. The molecular weight excluding hydrogens is 187 g/mol. The maximum absolute atomic E-state index is 8.79. The van der Waals surface area contributed by atoms with Gasteiger partial charge in [-0.3, -0.25) is 0 Å². The third kappa shape index (κ3) is 2.71. The Morgan fingerprint density at radius 2 is 2.21 bits per heavy atom. The van der Waals surface area contributed by atoms with E-state index in [1.54, 1.807) is 0 Å². The molecule has 0 aliphatic heterocycles. The number of ether oxygens (including phenoxy) is 1. The first kappa shape index (κ1) is 13.4. The molecule has 1 heterocycles. The fourth-order valence-electron chi connectivity index (χ4n) is 1.22. The summed E-state index contributed by atoms with van der Waals surface area (Å²) in [5.74, 6) is 0.414. The fourth-order valence-corrected chi connectivity index (χ4v) is 1.22. The summed E-state index contributed by atoms with van der Waals surface area (Å²) >= 11 is 0. The van der Waals surface area contributed by atoms with Crippen molar-refractivity contribution in [1.29, 1.82) is 5.26 Å². The minimum atomic E-state index is 0. The molecule has 1 aromatic rings. The zero-order valence-corrected chi connectivity index (χ0v) is 11.1. The SMILES string of the molecule is CCc1cc(C#N)c(OC)nc1C.[Na]. The Balaban J connectivity index is 0.00000169. The normalized spacial score (nSPS) is 8.71. The van der Waals surface area contributed by atoms with Crippen LogP contribution in [0.1, 0.15) is 23.7 Å². The van der Waals surface area contributed by atoms with E-state index in [2.05, 4.69) is 11.1 Å². The van der Waals surface area contributed by atoms with Gasteiger partial charge in [0.15, 0.2) is 0 Å². The first-order chi connectivity index (χ1) is 6.22. The summed E-state index contributed by atoms with van der Waals surface area (Å²) in [4.78, 5) is 4.19. The summed E-state index contributed by atoms with van der Waals surface area (Å²) in [5, 5.41) is 8.79. The number of aryl methyl sites for hydroxylation is 2. The van der Waals surface area contributed by atoms with Crippen molar-refractivity contribution in [3.63, 3.8) is 0 Å². The predicted molar refractivity (Wildman–Crippen MR) is 55.4 cm³/mol. The molecule has 0 unspecified atom stereocenters. The molecule has 0 saturated carbocycles. The molecule has 1 rings (SSSR count). The van der Waals surface area contributed by atoms with E-state index in [4.69, 9.17) is 10.00 Å². The van der Waals surface area contributed by atoms with Gasteiger partial charge in [0.2, 0.25) is 5.88 Å². The number of pyridine rings is 1. The Morgan fingerprint density at radius 1 is 1.57 bits per heavy atom. The molecule has 0 aliphatic carbocycles. The predicted octanol–water partition coefficient (Wildman–Crippen LogP) is 1.45. The van der Waals surface area contributed by atoms with Gasteiger partial charge >= 0.3 is 0 Å². The van der Waals surface area contributed by atoms with Crippen molar-refractivity contribution in [1.82, 2.24) is 4.98 Å². The Morgan fingerprint density at radius 3 is 2.64 bits per heavy atom. The van der Waals surface area contributed by atoms with Gasteiger partial charge in [0.25, 0.3) is 0 Å². The summed E-state index contributed by atoms with van der Waals surface area (Å²) < 4.78 is 4.98. The van der Waals surface area contributed by atoms with Crippen LogP contribution in [0.15, 0.2) is 6.07 Å². The smallest absolute Gasteiger partial charge is 0.231 e. The Hall–Kier alpha value is -0.560. The first-order valence-electron chi connectivity index (χ1n) is 4.17. The van der Waals surface area contributed by atoms with Gasteiger partial charge in [-0.1, -0.05) is 6.92 Å². The molecule has 0 N–H and O–H groups in total. The molecule has 0 aromatic carbocycles. The van der Waals surface area contributed by atoms with Gasteiger partial charge < -0.3 is 4.74 Å². The Bertz CT molecular complexity index is 358. The summed E-state index contributed by atoms with van der Waals surface area (Å²) in [7, 11) is 1.52. The number of methoxy groups -OCH3 is 1.